The van der Waals surface area contributed by atoms with E-state index in [1.54, 1.807) is 12.4 Å². The molecule has 0 aromatic carbocycles. The van der Waals surface area contributed by atoms with Gasteiger partial charge >= 0.3 is 0 Å². The van der Waals surface area contributed by atoms with Gasteiger partial charge in [-0.2, -0.15) is 0 Å². The summed E-state index contributed by atoms with van der Waals surface area (Å²) in [6.45, 7) is 3.86. The van der Waals surface area contributed by atoms with E-state index < -0.39 is 0 Å². The third-order valence-electron chi connectivity index (χ3n) is 2.42. The van der Waals surface area contributed by atoms with E-state index in [-0.39, 0.29) is 0 Å². The third kappa shape index (κ3) is 2.46. The Morgan fingerprint density at radius 1 is 1.44 bits per heavy atom. The molecule has 0 atom stereocenters. The van der Waals surface area contributed by atoms with Crippen LogP contribution in [0.15, 0.2) is 36.9 Å². The van der Waals surface area contributed by atoms with Crippen molar-refractivity contribution in [1.29, 1.82) is 0 Å². The number of hydrogen-bond acceptors (Lipinski definition) is 3. The van der Waals surface area contributed by atoms with Crippen molar-refractivity contribution in [3.8, 4) is 0 Å². The van der Waals surface area contributed by atoms with E-state index in [0.29, 0.717) is 0 Å². The van der Waals surface area contributed by atoms with Crippen molar-refractivity contribution >= 4 is 5.65 Å². The lowest BCUT2D eigenvalue weighted by atomic mass is 10.3. The zero-order valence-corrected chi connectivity index (χ0v) is 9.43. The van der Waals surface area contributed by atoms with Gasteiger partial charge in [0, 0.05) is 18.9 Å². The molecule has 2 heterocycles. The fourth-order valence-electron chi connectivity index (χ4n) is 1.59. The maximum atomic E-state index is 4.28. The molecule has 16 heavy (non-hydrogen) atoms. The zero-order chi connectivity index (χ0) is 11.2. The summed E-state index contributed by atoms with van der Waals surface area (Å²) in [5.74, 6) is 0. The molecule has 2 aromatic rings. The van der Waals surface area contributed by atoms with E-state index in [4.69, 9.17) is 0 Å². The van der Waals surface area contributed by atoms with Crippen LogP contribution in [0.1, 0.15) is 19.0 Å². The molecule has 0 aliphatic carbocycles. The lowest BCUT2D eigenvalue weighted by molar-refractivity contribution is 0.678. The van der Waals surface area contributed by atoms with Crippen molar-refractivity contribution in [1.82, 2.24) is 19.7 Å². The van der Waals surface area contributed by atoms with Crippen LogP contribution < -0.4 is 5.32 Å². The van der Waals surface area contributed by atoms with Gasteiger partial charge in [0.05, 0.1) is 18.1 Å². The van der Waals surface area contributed by atoms with Gasteiger partial charge in [-0.1, -0.05) is 12.2 Å². The van der Waals surface area contributed by atoms with E-state index in [9.17, 15) is 0 Å². The Bertz CT molecular complexity index is 473. The number of imidazole rings is 1. The third-order valence-corrected chi connectivity index (χ3v) is 2.42. The van der Waals surface area contributed by atoms with Gasteiger partial charge in [0.15, 0.2) is 5.65 Å². The zero-order valence-electron chi connectivity index (χ0n) is 9.43. The van der Waals surface area contributed by atoms with Crippen molar-refractivity contribution < 1.29 is 0 Å². The second-order valence-corrected chi connectivity index (χ2v) is 3.59. The lowest BCUT2D eigenvalue weighted by Crippen LogP contribution is -2.15. The molecule has 4 nitrogen and oxygen atoms in total. The SMILES string of the molecule is C/C=C/CCNCc1cnc2cnccn12. The molecule has 0 aliphatic rings. The Hall–Kier alpha value is -1.68. The predicted molar refractivity (Wildman–Crippen MR) is 64.1 cm³/mol. The van der Waals surface area contributed by atoms with Crippen molar-refractivity contribution in [2.45, 2.75) is 19.9 Å². The summed E-state index contributed by atoms with van der Waals surface area (Å²) in [5, 5.41) is 3.38. The normalized spacial score (nSPS) is 11.6. The number of hydrogen-bond donors (Lipinski definition) is 1. The minimum Gasteiger partial charge on any atom is -0.311 e. The second-order valence-electron chi connectivity index (χ2n) is 3.59. The monoisotopic (exact) mass is 216 g/mol. The van der Waals surface area contributed by atoms with Crippen LogP contribution in [0.5, 0.6) is 0 Å². The highest BCUT2D eigenvalue weighted by Crippen LogP contribution is 2.03. The molecule has 4 heteroatoms. The molecule has 0 spiro atoms. The summed E-state index contributed by atoms with van der Waals surface area (Å²) >= 11 is 0. The molecule has 2 aromatic heterocycles. The van der Waals surface area contributed by atoms with E-state index in [0.717, 1.165) is 30.9 Å². The van der Waals surface area contributed by atoms with Gasteiger partial charge in [-0.3, -0.25) is 9.38 Å². The molecule has 0 radical (unpaired) electrons. The molecular weight excluding hydrogens is 200 g/mol. The minimum absolute atomic E-state index is 0.836. The maximum Gasteiger partial charge on any atom is 0.155 e. The molecular formula is C12H16N4. The van der Waals surface area contributed by atoms with Gasteiger partial charge in [0.2, 0.25) is 0 Å². The maximum absolute atomic E-state index is 4.28. The molecule has 0 aliphatic heterocycles. The lowest BCUT2D eigenvalue weighted by Gasteiger charge is -2.02. The quantitative estimate of drug-likeness (QED) is 0.612. The van der Waals surface area contributed by atoms with Gasteiger partial charge in [-0.05, 0) is 19.9 Å². The highest BCUT2D eigenvalue weighted by molar-refractivity contribution is 5.36. The molecule has 0 bridgehead atoms. The Labute approximate surface area is 95.0 Å². The van der Waals surface area contributed by atoms with Crippen LogP contribution in [-0.2, 0) is 6.54 Å². The van der Waals surface area contributed by atoms with Gasteiger partial charge < -0.3 is 5.32 Å². The van der Waals surface area contributed by atoms with Crippen molar-refractivity contribution in [3.63, 3.8) is 0 Å². The van der Waals surface area contributed by atoms with Gasteiger partial charge in [0.25, 0.3) is 0 Å². The molecule has 0 saturated carbocycles. The molecule has 0 unspecified atom stereocenters. The fourth-order valence-corrected chi connectivity index (χ4v) is 1.59. The van der Waals surface area contributed by atoms with E-state index in [2.05, 4.69) is 31.8 Å². The van der Waals surface area contributed by atoms with Gasteiger partial charge in [-0.15, -0.1) is 0 Å². The predicted octanol–water partition coefficient (Wildman–Crippen LogP) is 1.79. The van der Waals surface area contributed by atoms with Crippen LogP contribution in [0, 0.1) is 0 Å². The molecule has 0 fully saturated rings. The first-order valence-electron chi connectivity index (χ1n) is 5.49. The van der Waals surface area contributed by atoms with Crippen LogP contribution in [0.2, 0.25) is 0 Å². The minimum atomic E-state index is 0.836. The summed E-state index contributed by atoms with van der Waals surface area (Å²) in [7, 11) is 0. The summed E-state index contributed by atoms with van der Waals surface area (Å²) in [6.07, 6.45) is 12.7. The fraction of sp³-hybridized carbons (Fsp3) is 0.333. The van der Waals surface area contributed by atoms with Crippen LogP contribution >= 0.6 is 0 Å². The smallest absolute Gasteiger partial charge is 0.155 e. The number of nitrogens with zero attached hydrogens (tertiary/aromatic N) is 3. The number of nitrogens with one attached hydrogen (secondary N) is 1. The summed E-state index contributed by atoms with van der Waals surface area (Å²) in [4.78, 5) is 8.31. The first-order valence-corrected chi connectivity index (χ1v) is 5.49. The molecule has 84 valence electrons. The average molecular weight is 216 g/mol. The molecule has 1 N–H and O–H groups in total. The molecule has 0 saturated heterocycles. The highest BCUT2D eigenvalue weighted by atomic mass is 15.0. The average Bonchev–Trinajstić information content (AvgIpc) is 2.73. The largest absolute Gasteiger partial charge is 0.311 e. The molecule has 0 amide bonds. The Balaban J connectivity index is 1.94. The second kappa shape index (κ2) is 5.42. The number of aromatic nitrogens is 3. The van der Waals surface area contributed by atoms with E-state index in [1.807, 2.05) is 19.3 Å². The standard InChI is InChI=1S/C12H16N4/c1-2-3-4-5-13-8-11-9-15-12-10-14-6-7-16(11)12/h2-3,6-7,9-10,13H,4-5,8H2,1H3/b3-2+. The topological polar surface area (TPSA) is 42.2 Å². The Morgan fingerprint density at radius 2 is 2.38 bits per heavy atom. The van der Waals surface area contributed by atoms with E-state index in [1.165, 1.54) is 0 Å². The van der Waals surface area contributed by atoms with Crippen molar-refractivity contribution in [3.05, 3.63) is 42.6 Å². The number of fused-ring (bicyclic) bond motifs is 1. The van der Waals surface area contributed by atoms with E-state index >= 15 is 0 Å². The number of rotatable bonds is 5. The summed E-state index contributed by atoms with van der Waals surface area (Å²) in [5.41, 5.74) is 2.06. The van der Waals surface area contributed by atoms with Crippen LogP contribution in [0.25, 0.3) is 5.65 Å². The van der Waals surface area contributed by atoms with Gasteiger partial charge in [0.1, 0.15) is 0 Å². The van der Waals surface area contributed by atoms with Crippen molar-refractivity contribution in [2.24, 2.45) is 0 Å². The highest BCUT2D eigenvalue weighted by Gasteiger charge is 2.00. The van der Waals surface area contributed by atoms with Crippen LogP contribution in [0.3, 0.4) is 0 Å². The summed E-state index contributed by atoms with van der Waals surface area (Å²) < 4.78 is 2.05. The Kier molecular flexibility index (Phi) is 3.66. The summed E-state index contributed by atoms with van der Waals surface area (Å²) in [6, 6.07) is 0. The first-order chi connectivity index (χ1) is 7.92. The van der Waals surface area contributed by atoms with Gasteiger partial charge in [-0.25, -0.2) is 4.98 Å². The molecule has 2 rings (SSSR count). The first kappa shape index (κ1) is 10.8. The number of allylic oxidation sites excluding steroid dienone is 1. The van der Waals surface area contributed by atoms with Crippen LogP contribution in [-0.4, -0.2) is 20.9 Å². The van der Waals surface area contributed by atoms with Crippen LogP contribution in [0.4, 0.5) is 0 Å². The van der Waals surface area contributed by atoms with Crippen molar-refractivity contribution in [2.75, 3.05) is 6.54 Å². The Morgan fingerprint density at radius 3 is 3.25 bits per heavy atom.